The molecule has 2 aromatic rings. The third-order valence-electron chi connectivity index (χ3n) is 13.3. The molecular formula is C63H104N2. The molecule has 0 aliphatic heterocycles. The van der Waals surface area contributed by atoms with Gasteiger partial charge < -0.3 is 0 Å². The lowest BCUT2D eigenvalue weighted by Crippen LogP contribution is -2.09. The average Bonchev–Trinajstić information content (AvgIpc) is 3.31. The number of unbranched alkanes of at least 4 members (excludes halogenated alkanes) is 32. The number of rotatable bonds is 43. The van der Waals surface area contributed by atoms with Crippen LogP contribution in [0.4, 0.5) is 11.4 Å². The van der Waals surface area contributed by atoms with Crippen molar-refractivity contribution in [1.82, 2.24) is 0 Å². The van der Waals surface area contributed by atoms with Gasteiger partial charge in [-0.05, 0) is 91.5 Å². The zero-order valence-electron chi connectivity index (χ0n) is 43.9. The molecule has 2 heteroatoms. The zero-order valence-corrected chi connectivity index (χ0v) is 43.9. The number of nitrogens with zero attached hydrogens (tertiary/aromatic N) is 2. The van der Waals surface area contributed by atoms with Crippen molar-refractivity contribution in [2.45, 2.75) is 291 Å². The van der Waals surface area contributed by atoms with Crippen LogP contribution >= 0.6 is 0 Å². The van der Waals surface area contributed by atoms with E-state index in [4.69, 9.17) is 9.98 Å². The molecule has 0 fully saturated rings. The van der Waals surface area contributed by atoms with E-state index in [1.54, 1.807) is 0 Å². The van der Waals surface area contributed by atoms with Crippen molar-refractivity contribution in [2.75, 3.05) is 0 Å². The molecule has 0 bridgehead atoms. The van der Waals surface area contributed by atoms with Crippen molar-refractivity contribution < 1.29 is 0 Å². The van der Waals surface area contributed by atoms with E-state index in [-0.39, 0.29) is 0 Å². The first-order chi connectivity index (χ1) is 32.1. The predicted molar refractivity (Wildman–Crippen MR) is 294 cm³/mol. The van der Waals surface area contributed by atoms with Crippen LogP contribution in [0.3, 0.4) is 0 Å². The molecule has 0 atom stereocenters. The molecule has 2 nitrogen and oxygen atoms in total. The summed E-state index contributed by atoms with van der Waals surface area (Å²) in [7, 11) is 0. The van der Waals surface area contributed by atoms with Gasteiger partial charge in [0.25, 0.3) is 0 Å². The van der Waals surface area contributed by atoms with Gasteiger partial charge in [-0.2, -0.15) is 0 Å². The second kappa shape index (κ2) is 43.6. The Bertz CT molecular complexity index is 1530. The highest BCUT2D eigenvalue weighted by molar-refractivity contribution is 6.53. The summed E-state index contributed by atoms with van der Waals surface area (Å²) in [5, 5.41) is 0. The topological polar surface area (TPSA) is 24.7 Å². The summed E-state index contributed by atoms with van der Waals surface area (Å²) in [5.41, 5.74) is 7.92. The van der Waals surface area contributed by atoms with Crippen molar-refractivity contribution in [3.05, 3.63) is 71.3 Å². The quantitative estimate of drug-likeness (QED) is 0.0360. The maximum Gasteiger partial charge on any atom is 0.139 e. The van der Waals surface area contributed by atoms with E-state index >= 15 is 0 Å². The van der Waals surface area contributed by atoms with Crippen LogP contribution in [0.5, 0.6) is 0 Å². The van der Waals surface area contributed by atoms with Crippen molar-refractivity contribution >= 4 is 22.8 Å². The third-order valence-corrected chi connectivity index (χ3v) is 13.3. The van der Waals surface area contributed by atoms with Crippen molar-refractivity contribution in [3.63, 3.8) is 0 Å². The number of hydrogen-bond donors (Lipinski definition) is 0. The Balaban J connectivity index is 2.00. The summed E-state index contributed by atoms with van der Waals surface area (Å²) in [4.78, 5) is 10.6. The van der Waals surface area contributed by atoms with E-state index < -0.39 is 0 Å². The van der Waals surface area contributed by atoms with Crippen LogP contribution in [0, 0.1) is 11.8 Å². The first-order valence-corrected chi connectivity index (χ1v) is 28.7. The van der Waals surface area contributed by atoms with E-state index in [0.717, 1.165) is 80.6 Å². The van der Waals surface area contributed by atoms with Crippen LogP contribution in [0.2, 0.25) is 0 Å². The van der Waals surface area contributed by atoms with E-state index in [1.807, 2.05) is 0 Å². The molecule has 0 amide bonds. The smallest absolute Gasteiger partial charge is 0.139 e. The fourth-order valence-corrected chi connectivity index (χ4v) is 9.22. The predicted octanol–water partition coefficient (Wildman–Crippen LogP) is 21.3. The molecule has 2 aromatic carbocycles. The van der Waals surface area contributed by atoms with Crippen LogP contribution in [0.15, 0.2) is 64.6 Å². The molecule has 0 spiro atoms. The highest BCUT2D eigenvalue weighted by Crippen LogP contribution is 2.23. The van der Waals surface area contributed by atoms with E-state index in [1.165, 1.54) is 216 Å². The lowest BCUT2D eigenvalue weighted by molar-refractivity contribution is 0.528. The van der Waals surface area contributed by atoms with Crippen LogP contribution < -0.4 is 0 Å². The normalized spacial score (nSPS) is 12.1. The minimum absolute atomic E-state index is 0.799. The molecule has 0 aromatic heterocycles. The van der Waals surface area contributed by atoms with Gasteiger partial charge in [-0.1, -0.05) is 277 Å². The largest absolute Gasteiger partial charge is 0.246 e. The van der Waals surface area contributed by atoms with Gasteiger partial charge in [0.2, 0.25) is 0 Å². The summed E-state index contributed by atoms with van der Waals surface area (Å²) in [5.74, 6) is 7.18. The first kappa shape index (κ1) is 58.2. The monoisotopic (exact) mass is 889 g/mol. The Morgan fingerprint density at radius 2 is 0.815 bits per heavy atom. The summed E-state index contributed by atoms with van der Waals surface area (Å²) in [6.45, 7) is 11.4. The molecule has 0 radical (unpaired) electrons. The third kappa shape index (κ3) is 32.4. The first-order valence-electron chi connectivity index (χ1n) is 28.7. The van der Waals surface area contributed by atoms with Crippen molar-refractivity contribution in [2.24, 2.45) is 9.98 Å². The van der Waals surface area contributed by atoms with Crippen LogP contribution in [0.25, 0.3) is 0 Å². The summed E-state index contributed by atoms with van der Waals surface area (Å²) in [6.07, 6.45) is 57.9. The molecular weight excluding hydrogens is 785 g/mol. The average molecular weight is 890 g/mol. The second-order valence-corrected chi connectivity index (χ2v) is 19.7. The molecule has 0 saturated heterocycles. The fourth-order valence-electron chi connectivity index (χ4n) is 9.22. The SMILES string of the molecule is CCCCCCCCCCCCCCCCCC=CC(=Nc1ccc(CCC)cc1)C(C#CCCCCCCCCCCCCCCCCCCC)=Nc1ccc(CCC)c(CCC)c1. The Labute approximate surface area is 405 Å². The molecule has 0 aliphatic carbocycles. The number of aryl methyl sites for hydroxylation is 3. The standard InChI is InChI=1S/C63H104N2/c1-6-11-13-15-17-19-21-23-25-27-28-30-32-34-36-38-40-42-44-49-63(65-61-55-52-58(46-9-4)59(56-61)47-10-5)62(64-60-53-50-57(45-8-3)51-54-60)48-43-41-39-37-35-33-31-29-26-24-22-20-18-16-14-12-7-2/h43,48,50-56H,6-42,45-47H2,1-5H3. The maximum absolute atomic E-state index is 5.32. The molecule has 366 valence electrons. The second-order valence-electron chi connectivity index (χ2n) is 19.7. The lowest BCUT2D eigenvalue weighted by atomic mass is 9.99. The highest BCUT2D eigenvalue weighted by Gasteiger charge is 2.09. The van der Waals surface area contributed by atoms with Gasteiger partial charge in [0.1, 0.15) is 5.71 Å². The zero-order chi connectivity index (χ0) is 46.5. The molecule has 65 heavy (non-hydrogen) atoms. The molecule has 0 heterocycles. The Morgan fingerprint density at radius 3 is 1.28 bits per heavy atom. The Hall–Kier alpha value is -2.92. The van der Waals surface area contributed by atoms with Gasteiger partial charge in [-0.25, -0.2) is 9.98 Å². The minimum atomic E-state index is 0.799. The van der Waals surface area contributed by atoms with Crippen LogP contribution in [0.1, 0.15) is 289 Å². The summed E-state index contributed by atoms with van der Waals surface area (Å²) < 4.78 is 0. The highest BCUT2D eigenvalue weighted by atomic mass is 14.8. The van der Waals surface area contributed by atoms with Crippen LogP contribution in [-0.2, 0) is 19.3 Å². The molecule has 2 rings (SSSR count). The van der Waals surface area contributed by atoms with Gasteiger partial charge in [-0.15, -0.1) is 0 Å². The summed E-state index contributed by atoms with van der Waals surface area (Å²) in [6, 6.07) is 15.7. The van der Waals surface area contributed by atoms with Gasteiger partial charge in [-0.3, -0.25) is 0 Å². The maximum atomic E-state index is 5.32. The lowest BCUT2D eigenvalue weighted by Gasteiger charge is -2.10. The summed E-state index contributed by atoms with van der Waals surface area (Å²) >= 11 is 0. The number of allylic oxidation sites excluding steroid dienone is 2. The van der Waals surface area contributed by atoms with E-state index in [0.29, 0.717) is 0 Å². The molecule has 0 N–H and O–H groups in total. The van der Waals surface area contributed by atoms with Crippen LogP contribution in [-0.4, -0.2) is 11.4 Å². The van der Waals surface area contributed by atoms with Gasteiger partial charge >= 0.3 is 0 Å². The van der Waals surface area contributed by atoms with E-state index in [2.05, 4.69) is 101 Å². The fraction of sp³-hybridized carbons (Fsp3) is 0.714. The Morgan fingerprint density at radius 1 is 0.400 bits per heavy atom. The molecule has 0 saturated carbocycles. The molecule has 0 unspecified atom stereocenters. The van der Waals surface area contributed by atoms with Gasteiger partial charge in [0.15, 0.2) is 0 Å². The van der Waals surface area contributed by atoms with Gasteiger partial charge in [0, 0.05) is 6.42 Å². The number of hydrogen-bond acceptors (Lipinski definition) is 2. The number of aliphatic imine (C=N–C) groups is 2. The van der Waals surface area contributed by atoms with E-state index in [9.17, 15) is 0 Å². The van der Waals surface area contributed by atoms with Gasteiger partial charge in [0.05, 0.1) is 17.1 Å². The van der Waals surface area contributed by atoms with Crippen molar-refractivity contribution in [3.8, 4) is 11.8 Å². The minimum Gasteiger partial charge on any atom is -0.246 e. The number of benzene rings is 2. The van der Waals surface area contributed by atoms with Crippen molar-refractivity contribution in [1.29, 1.82) is 0 Å². The molecule has 0 aliphatic rings. The Kier molecular flexibility index (Phi) is 39.1.